The highest BCUT2D eigenvalue weighted by atomic mass is 16.5. The summed E-state index contributed by atoms with van der Waals surface area (Å²) in [5.74, 6) is 1.25. The second-order valence-corrected chi connectivity index (χ2v) is 9.26. The SMILES string of the molecule is CC[C@H](C)[C@H](NC(=O)N1CCc2cc(OC)c(OC)cc2[C@@H]1c1ccccc1)C(=O)NC1CC1. The third kappa shape index (κ3) is 4.98. The van der Waals surface area contributed by atoms with E-state index in [0.29, 0.717) is 24.5 Å². The molecule has 3 atom stereocenters. The molecule has 2 aromatic carbocycles. The number of nitrogens with zero attached hydrogens (tertiary/aromatic N) is 1. The maximum absolute atomic E-state index is 13.7. The zero-order valence-electron chi connectivity index (χ0n) is 20.5. The van der Waals surface area contributed by atoms with Gasteiger partial charge in [-0.05, 0) is 54.0 Å². The molecule has 2 aromatic rings. The average Bonchev–Trinajstić information content (AvgIpc) is 3.69. The summed E-state index contributed by atoms with van der Waals surface area (Å²) in [6.45, 7) is 4.58. The molecule has 0 saturated heterocycles. The lowest BCUT2D eigenvalue weighted by Gasteiger charge is -2.39. The molecule has 0 radical (unpaired) electrons. The molecule has 4 rings (SSSR count). The monoisotopic (exact) mass is 465 g/mol. The molecule has 1 saturated carbocycles. The normalized spacial score (nSPS) is 18.9. The first-order chi connectivity index (χ1) is 16.5. The summed E-state index contributed by atoms with van der Waals surface area (Å²) in [7, 11) is 3.24. The summed E-state index contributed by atoms with van der Waals surface area (Å²) in [5, 5.41) is 6.13. The molecule has 3 amide bonds. The molecule has 0 spiro atoms. The van der Waals surface area contributed by atoms with Crippen molar-refractivity contribution in [2.45, 2.75) is 57.7 Å². The predicted molar refractivity (Wildman–Crippen MR) is 131 cm³/mol. The molecule has 2 aliphatic rings. The molecule has 1 aliphatic carbocycles. The van der Waals surface area contributed by atoms with Crippen molar-refractivity contribution in [3.63, 3.8) is 0 Å². The third-order valence-electron chi connectivity index (χ3n) is 6.95. The lowest BCUT2D eigenvalue weighted by molar-refractivity contribution is -0.124. The Morgan fingerprint density at radius 1 is 1.09 bits per heavy atom. The van der Waals surface area contributed by atoms with Crippen LogP contribution in [0.1, 0.15) is 55.8 Å². The minimum atomic E-state index is -0.568. The first-order valence-electron chi connectivity index (χ1n) is 12.1. The fourth-order valence-corrected chi connectivity index (χ4v) is 4.60. The van der Waals surface area contributed by atoms with Crippen molar-refractivity contribution >= 4 is 11.9 Å². The molecule has 7 nitrogen and oxygen atoms in total. The third-order valence-corrected chi connectivity index (χ3v) is 6.95. The highest BCUT2D eigenvalue weighted by Gasteiger charge is 2.37. The molecule has 0 bridgehead atoms. The molecule has 1 heterocycles. The van der Waals surface area contributed by atoms with E-state index in [-0.39, 0.29) is 29.9 Å². The van der Waals surface area contributed by atoms with Gasteiger partial charge >= 0.3 is 6.03 Å². The smallest absolute Gasteiger partial charge is 0.318 e. The number of ether oxygens (including phenoxy) is 2. The number of benzene rings is 2. The minimum absolute atomic E-state index is 0.0271. The number of hydrogen-bond donors (Lipinski definition) is 2. The zero-order chi connectivity index (χ0) is 24.2. The largest absolute Gasteiger partial charge is 0.493 e. The number of nitrogens with one attached hydrogen (secondary N) is 2. The highest BCUT2D eigenvalue weighted by molar-refractivity contribution is 5.88. The van der Waals surface area contributed by atoms with Crippen LogP contribution in [0.5, 0.6) is 11.5 Å². The lowest BCUT2D eigenvalue weighted by atomic mass is 9.87. The Bertz CT molecular complexity index is 1020. The van der Waals surface area contributed by atoms with Gasteiger partial charge in [-0.1, -0.05) is 50.6 Å². The van der Waals surface area contributed by atoms with E-state index < -0.39 is 6.04 Å². The number of rotatable bonds is 8. The average molecular weight is 466 g/mol. The molecule has 1 fully saturated rings. The second-order valence-electron chi connectivity index (χ2n) is 9.26. The van der Waals surface area contributed by atoms with Gasteiger partial charge in [0.25, 0.3) is 0 Å². The van der Waals surface area contributed by atoms with Gasteiger partial charge in [0.1, 0.15) is 6.04 Å². The number of fused-ring (bicyclic) bond motifs is 1. The van der Waals surface area contributed by atoms with Crippen molar-refractivity contribution in [1.82, 2.24) is 15.5 Å². The van der Waals surface area contributed by atoms with E-state index in [2.05, 4.69) is 10.6 Å². The van der Waals surface area contributed by atoms with Crippen molar-refractivity contribution in [3.05, 3.63) is 59.2 Å². The van der Waals surface area contributed by atoms with Crippen LogP contribution in [0.3, 0.4) is 0 Å². The summed E-state index contributed by atoms with van der Waals surface area (Å²) in [6.07, 6.45) is 3.51. The lowest BCUT2D eigenvalue weighted by Crippen LogP contribution is -2.55. The molecule has 182 valence electrons. The Kier molecular flexibility index (Phi) is 7.29. The summed E-state index contributed by atoms with van der Waals surface area (Å²) in [6, 6.07) is 13.1. The van der Waals surface area contributed by atoms with Crippen molar-refractivity contribution in [2.24, 2.45) is 5.92 Å². The van der Waals surface area contributed by atoms with Crippen LogP contribution in [0.15, 0.2) is 42.5 Å². The van der Waals surface area contributed by atoms with E-state index in [1.807, 2.05) is 61.2 Å². The number of carbonyl (C=O) groups excluding carboxylic acids is 2. The van der Waals surface area contributed by atoms with Gasteiger partial charge in [0.05, 0.1) is 20.3 Å². The van der Waals surface area contributed by atoms with E-state index in [4.69, 9.17) is 9.47 Å². The van der Waals surface area contributed by atoms with E-state index >= 15 is 0 Å². The van der Waals surface area contributed by atoms with Crippen LogP contribution in [0.2, 0.25) is 0 Å². The fourth-order valence-electron chi connectivity index (χ4n) is 4.60. The standard InChI is InChI=1S/C27H35N3O4/c1-5-17(2)24(26(31)28-20-11-12-20)29-27(32)30-14-13-19-15-22(33-3)23(34-4)16-21(19)25(30)18-9-7-6-8-10-18/h6-10,15-17,20,24-25H,5,11-14H2,1-4H3,(H,28,31)(H,29,32)/t17-,24-,25-/m0/s1. The first-order valence-corrected chi connectivity index (χ1v) is 12.1. The Balaban J connectivity index is 1.67. The van der Waals surface area contributed by atoms with Gasteiger partial charge in [-0.25, -0.2) is 4.79 Å². The molecule has 2 N–H and O–H groups in total. The van der Waals surface area contributed by atoms with Crippen molar-refractivity contribution in [2.75, 3.05) is 20.8 Å². The van der Waals surface area contributed by atoms with E-state index in [1.165, 1.54) is 0 Å². The number of urea groups is 1. The van der Waals surface area contributed by atoms with Gasteiger partial charge in [-0.15, -0.1) is 0 Å². The molecule has 0 unspecified atom stereocenters. The quantitative estimate of drug-likeness (QED) is 0.616. The number of hydrogen-bond acceptors (Lipinski definition) is 4. The zero-order valence-corrected chi connectivity index (χ0v) is 20.5. The Labute approximate surface area is 201 Å². The fraction of sp³-hybridized carbons (Fsp3) is 0.481. The van der Waals surface area contributed by atoms with Crippen LogP contribution in [0.4, 0.5) is 4.79 Å². The maximum atomic E-state index is 13.7. The van der Waals surface area contributed by atoms with Gasteiger partial charge < -0.3 is 25.0 Å². The second kappa shape index (κ2) is 10.4. The predicted octanol–water partition coefficient (Wildman–Crippen LogP) is 4.05. The number of amides is 3. The number of methoxy groups -OCH3 is 2. The maximum Gasteiger partial charge on any atom is 0.318 e. The van der Waals surface area contributed by atoms with Gasteiger partial charge in [0.2, 0.25) is 5.91 Å². The van der Waals surface area contributed by atoms with E-state index in [0.717, 1.165) is 36.0 Å². The van der Waals surface area contributed by atoms with Crippen molar-refractivity contribution in [3.8, 4) is 11.5 Å². The summed E-state index contributed by atoms with van der Waals surface area (Å²) >= 11 is 0. The van der Waals surface area contributed by atoms with E-state index in [9.17, 15) is 9.59 Å². The molecule has 0 aromatic heterocycles. The summed E-state index contributed by atoms with van der Waals surface area (Å²) in [5.41, 5.74) is 3.14. The van der Waals surface area contributed by atoms with Crippen LogP contribution in [-0.4, -0.2) is 49.7 Å². The molecule has 34 heavy (non-hydrogen) atoms. The summed E-state index contributed by atoms with van der Waals surface area (Å²) in [4.78, 5) is 28.5. The molecular weight excluding hydrogens is 430 g/mol. The first kappa shape index (κ1) is 23.9. The Morgan fingerprint density at radius 3 is 2.38 bits per heavy atom. The van der Waals surface area contributed by atoms with Gasteiger partial charge in [0, 0.05) is 12.6 Å². The van der Waals surface area contributed by atoms with Crippen LogP contribution < -0.4 is 20.1 Å². The number of carbonyl (C=O) groups is 2. The Morgan fingerprint density at radius 2 is 1.76 bits per heavy atom. The van der Waals surface area contributed by atoms with Crippen LogP contribution in [0, 0.1) is 5.92 Å². The van der Waals surface area contributed by atoms with E-state index in [1.54, 1.807) is 14.2 Å². The van der Waals surface area contributed by atoms with Crippen molar-refractivity contribution < 1.29 is 19.1 Å². The van der Waals surface area contributed by atoms with Crippen molar-refractivity contribution in [1.29, 1.82) is 0 Å². The highest BCUT2D eigenvalue weighted by Crippen LogP contribution is 2.41. The van der Waals surface area contributed by atoms with Crippen LogP contribution >= 0.6 is 0 Å². The molecule has 7 heteroatoms. The molecular formula is C27H35N3O4. The van der Waals surface area contributed by atoms with Crippen LogP contribution in [-0.2, 0) is 11.2 Å². The molecule has 1 aliphatic heterocycles. The Hall–Kier alpha value is -3.22. The van der Waals surface area contributed by atoms with Gasteiger partial charge in [-0.3, -0.25) is 4.79 Å². The minimum Gasteiger partial charge on any atom is -0.493 e. The topological polar surface area (TPSA) is 79.9 Å². The van der Waals surface area contributed by atoms with Gasteiger partial charge in [0.15, 0.2) is 11.5 Å². The summed E-state index contributed by atoms with van der Waals surface area (Å²) < 4.78 is 11.1. The van der Waals surface area contributed by atoms with Gasteiger partial charge in [-0.2, -0.15) is 0 Å². The van der Waals surface area contributed by atoms with Crippen LogP contribution in [0.25, 0.3) is 0 Å².